The van der Waals surface area contributed by atoms with Crippen LogP contribution in [0.4, 0.5) is 0 Å². The zero-order valence-electron chi connectivity index (χ0n) is 10.8. The predicted molar refractivity (Wildman–Crippen MR) is 69.6 cm³/mol. The molecule has 96 valence electrons. The van der Waals surface area contributed by atoms with Gasteiger partial charge in [-0.05, 0) is 36.3 Å². The minimum Gasteiger partial charge on any atom is -0.342 e. The third-order valence-electron chi connectivity index (χ3n) is 4.30. The fraction of sp³-hybridized carbons (Fsp3) is 0.643. The van der Waals surface area contributed by atoms with Gasteiger partial charge in [0.05, 0.1) is 0 Å². The van der Waals surface area contributed by atoms with E-state index in [9.17, 15) is 0 Å². The molecule has 2 fully saturated rings. The number of likely N-dealkylation sites (tertiary alicyclic amines) is 1. The normalized spacial score (nSPS) is 28.5. The largest absolute Gasteiger partial charge is 0.342 e. The van der Waals surface area contributed by atoms with E-state index in [2.05, 4.69) is 17.2 Å². The SMILES string of the molecule is Cn1cc(CN2C[C@H](C3CC3)[C@@H](N)C2)cc1C#N. The average Bonchev–Trinajstić information content (AvgIpc) is 3.02. The van der Waals surface area contributed by atoms with Crippen LogP contribution >= 0.6 is 0 Å². The lowest BCUT2D eigenvalue weighted by atomic mass is 9.99. The molecule has 0 amide bonds. The third-order valence-corrected chi connectivity index (χ3v) is 4.30. The average molecular weight is 244 g/mol. The highest BCUT2D eigenvalue weighted by Crippen LogP contribution is 2.41. The van der Waals surface area contributed by atoms with Crippen LogP contribution in [0.15, 0.2) is 12.3 Å². The summed E-state index contributed by atoms with van der Waals surface area (Å²) >= 11 is 0. The lowest BCUT2D eigenvalue weighted by Gasteiger charge is -2.14. The van der Waals surface area contributed by atoms with Gasteiger partial charge in [0, 0.05) is 38.9 Å². The Hall–Kier alpha value is -1.31. The Bertz CT molecular complexity index is 480. The van der Waals surface area contributed by atoms with Crippen LogP contribution in [-0.2, 0) is 13.6 Å². The summed E-state index contributed by atoms with van der Waals surface area (Å²) in [5, 5.41) is 8.95. The van der Waals surface area contributed by atoms with Gasteiger partial charge in [-0.3, -0.25) is 4.90 Å². The molecule has 1 aromatic rings. The zero-order chi connectivity index (χ0) is 12.7. The van der Waals surface area contributed by atoms with Crippen molar-refractivity contribution in [3.63, 3.8) is 0 Å². The van der Waals surface area contributed by atoms with Gasteiger partial charge in [-0.25, -0.2) is 0 Å². The molecule has 1 aliphatic heterocycles. The van der Waals surface area contributed by atoms with Crippen molar-refractivity contribution in [2.75, 3.05) is 13.1 Å². The molecule has 0 spiro atoms. The van der Waals surface area contributed by atoms with E-state index in [1.807, 2.05) is 17.7 Å². The van der Waals surface area contributed by atoms with Gasteiger partial charge in [0.25, 0.3) is 0 Å². The summed E-state index contributed by atoms with van der Waals surface area (Å²) in [5.74, 6) is 1.58. The first kappa shape index (κ1) is 11.8. The monoisotopic (exact) mass is 244 g/mol. The van der Waals surface area contributed by atoms with Crippen LogP contribution in [0.1, 0.15) is 24.1 Å². The van der Waals surface area contributed by atoms with Gasteiger partial charge in [-0.15, -0.1) is 0 Å². The summed E-state index contributed by atoms with van der Waals surface area (Å²) in [5.41, 5.74) is 8.18. The van der Waals surface area contributed by atoms with Crippen LogP contribution in [0.25, 0.3) is 0 Å². The number of hydrogen-bond acceptors (Lipinski definition) is 3. The highest BCUT2D eigenvalue weighted by molar-refractivity contribution is 5.28. The number of aromatic nitrogens is 1. The standard InChI is InChI=1S/C14H20N4/c1-17-6-10(4-12(17)5-15)7-18-8-13(11-2-3-11)14(16)9-18/h4,6,11,13-14H,2-3,7-9,16H2,1H3/t13-,14+/m1/s1. The summed E-state index contributed by atoms with van der Waals surface area (Å²) in [6, 6.07) is 4.53. The van der Waals surface area contributed by atoms with Crippen LogP contribution in [0.2, 0.25) is 0 Å². The number of aryl methyl sites for hydroxylation is 1. The second kappa shape index (κ2) is 4.42. The molecule has 2 N–H and O–H groups in total. The third kappa shape index (κ3) is 2.16. The van der Waals surface area contributed by atoms with Crippen molar-refractivity contribution in [2.45, 2.75) is 25.4 Å². The Kier molecular flexibility index (Phi) is 2.89. The van der Waals surface area contributed by atoms with Crippen molar-refractivity contribution in [2.24, 2.45) is 24.6 Å². The van der Waals surface area contributed by atoms with Crippen molar-refractivity contribution in [1.82, 2.24) is 9.47 Å². The second-order valence-electron chi connectivity index (χ2n) is 5.82. The van der Waals surface area contributed by atoms with Crippen molar-refractivity contribution in [1.29, 1.82) is 5.26 Å². The van der Waals surface area contributed by atoms with E-state index in [1.165, 1.54) is 18.4 Å². The summed E-state index contributed by atoms with van der Waals surface area (Å²) < 4.78 is 1.89. The van der Waals surface area contributed by atoms with E-state index < -0.39 is 0 Å². The Morgan fingerprint density at radius 1 is 1.44 bits per heavy atom. The molecule has 2 aliphatic rings. The minimum atomic E-state index is 0.344. The highest BCUT2D eigenvalue weighted by Gasteiger charge is 2.40. The summed E-state index contributed by atoms with van der Waals surface area (Å²) in [4.78, 5) is 2.43. The smallest absolute Gasteiger partial charge is 0.120 e. The molecule has 1 aliphatic carbocycles. The molecule has 4 nitrogen and oxygen atoms in total. The van der Waals surface area contributed by atoms with Gasteiger partial charge in [0.1, 0.15) is 11.8 Å². The molecule has 1 saturated heterocycles. The van der Waals surface area contributed by atoms with E-state index in [4.69, 9.17) is 11.0 Å². The van der Waals surface area contributed by atoms with Gasteiger partial charge < -0.3 is 10.3 Å². The summed E-state index contributed by atoms with van der Waals surface area (Å²) in [6.07, 6.45) is 4.79. The van der Waals surface area contributed by atoms with E-state index in [-0.39, 0.29) is 0 Å². The van der Waals surface area contributed by atoms with Gasteiger partial charge in [0.2, 0.25) is 0 Å². The first-order valence-corrected chi connectivity index (χ1v) is 6.70. The molecule has 0 bridgehead atoms. The van der Waals surface area contributed by atoms with Crippen molar-refractivity contribution < 1.29 is 0 Å². The summed E-state index contributed by atoms with van der Waals surface area (Å²) in [7, 11) is 1.92. The first-order chi connectivity index (χ1) is 8.67. The molecule has 3 rings (SSSR count). The fourth-order valence-corrected chi connectivity index (χ4v) is 3.18. The number of nitrogens with two attached hydrogens (primary N) is 1. The van der Waals surface area contributed by atoms with Gasteiger partial charge in [0.15, 0.2) is 0 Å². The van der Waals surface area contributed by atoms with Gasteiger partial charge in [-0.1, -0.05) is 0 Å². The van der Waals surface area contributed by atoms with Crippen LogP contribution < -0.4 is 5.73 Å². The van der Waals surface area contributed by atoms with Crippen molar-refractivity contribution >= 4 is 0 Å². The second-order valence-corrected chi connectivity index (χ2v) is 5.82. The molecule has 0 aromatic carbocycles. The maximum absolute atomic E-state index is 8.95. The number of rotatable bonds is 3. The first-order valence-electron chi connectivity index (χ1n) is 6.70. The Morgan fingerprint density at radius 2 is 2.22 bits per heavy atom. The van der Waals surface area contributed by atoms with Crippen LogP contribution in [0.3, 0.4) is 0 Å². The molecule has 4 heteroatoms. The number of nitriles is 1. The Labute approximate surface area is 108 Å². The molecule has 0 unspecified atom stereocenters. The maximum Gasteiger partial charge on any atom is 0.120 e. The topological polar surface area (TPSA) is 58.0 Å². The van der Waals surface area contributed by atoms with Gasteiger partial charge in [-0.2, -0.15) is 5.26 Å². The van der Waals surface area contributed by atoms with Crippen molar-refractivity contribution in [3.8, 4) is 6.07 Å². The van der Waals surface area contributed by atoms with E-state index in [0.717, 1.165) is 31.2 Å². The molecule has 0 radical (unpaired) electrons. The lowest BCUT2D eigenvalue weighted by Crippen LogP contribution is -2.30. The molecular formula is C14H20N4. The van der Waals surface area contributed by atoms with E-state index >= 15 is 0 Å². The van der Waals surface area contributed by atoms with E-state index in [1.54, 1.807) is 0 Å². The summed E-state index contributed by atoms with van der Waals surface area (Å²) in [6.45, 7) is 3.05. The molecular weight excluding hydrogens is 224 g/mol. The Balaban J connectivity index is 1.64. The molecule has 18 heavy (non-hydrogen) atoms. The number of nitrogens with zero attached hydrogens (tertiary/aromatic N) is 3. The van der Waals surface area contributed by atoms with Gasteiger partial charge >= 0.3 is 0 Å². The molecule has 1 saturated carbocycles. The molecule has 1 aromatic heterocycles. The number of hydrogen-bond donors (Lipinski definition) is 1. The van der Waals surface area contributed by atoms with E-state index in [0.29, 0.717) is 12.0 Å². The molecule has 2 atom stereocenters. The quantitative estimate of drug-likeness (QED) is 0.865. The van der Waals surface area contributed by atoms with Crippen molar-refractivity contribution in [3.05, 3.63) is 23.5 Å². The van der Waals surface area contributed by atoms with Crippen LogP contribution in [0, 0.1) is 23.2 Å². The maximum atomic E-state index is 8.95. The van der Waals surface area contributed by atoms with Crippen LogP contribution in [-0.4, -0.2) is 28.6 Å². The molecule has 2 heterocycles. The fourth-order valence-electron chi connectivity index (χ4n) is 3.18. The minimum absolute atomic E-state index is 0.344. The predicted octanol–water partition coefficient (Wildman–Crippen LogP) is 1.07. The van der Waals surface area contributed by atoms with Crippen LogP contribution in [0.5, 0.6) is 0 Å². The highest BCUT2D eigenvalue weighted by atomic mass is 15.2. The Morgan fingerprint density at radius 3 is 2.83 bits per heavy atom. The lowest BCUT2D eigenvalue weighted by molar-refractivity contribution is 0.310. The zero-order valence-corrected chi connectivity index (χ0v) is 10.8.